The lowest BCUT2D eigenvalue weighted by atomic mass is 10.2. The van der Waals surface area contributed by atoms with Gasteiger partial charge in [0.2, 0.25) is 0 Å². The topological polar surface area (TPSA) is 52.0 Å². The molecule has 4 rings (SSSR count). The first-order valence-corrected chi connectivity index (χ1v) is 10.1. The predicted molar refractivity (Wildman–Crippen MR) is 109 cm³/mol. The van der Waals surface area contributed by atoms with Crippen LogP contribution in [0.3, 0.4) is 0 Å². The third-order valence-electron chi connectivity index (χ3n) is 4.12. The van der Waals surface area contributed by atoms with Gasteiger partial charge in [0.05, 0.1) is 15.4 Å². The van der Waals surface area contributed by atoms with Crippen LogP contribution in [0.25, 0.3) is 23.2 Å². The van der Waals surface area contributed by atoms with Crippen LogP contribution in [0.15, 0.2) is 83.8 Å². The van der Waals surface area contributed by atoms with E-state index in [0.717, 1.165) is 5.56 Å². The maximum Gasteiger partial charge on any atom is 0.269 e. The van der Waals surface area contributed by atoms with Crippen LogP contribution in [0.4, 0.5) is 0 Å². The molecule has 0 bridgehead atoms. The minimum Gasteiger partial charge on any atom is -0.226 e. The van der Waals surface area contributed by atoms with E-state index in [4.69, 9.17) is 11.6 Å². The standard InChI is InChI=1S/C21H15ClN2O2S/c22-18-12-7-13-19-21(18)23-20(15-14-16-8-3-1-4-9-16)24(19)27(25,26)17-10-5-2-6-11-17/h1-15H. The quantitative estimate of drug-likeness (QED) is 0.484. The van der Waals surface area contributed by atoms with Crippen molar-refractivity contribution in [2.45, 2.75) is 4.90 Å². The fourth-order valence-corrected chi connectivity index (χ4v) is 4.53. The van der Waals surface area contributed by atoms with E-state index in [0.29, 0.717) is 21.9 Å². The zero-order valence-electron chi connectivity index (χ0n) is 14.2. The summed E-state index contributed by atoms with van der Waals surface area (Å²) in [5.74, 6) is 0.297. The van der Waals surface area contributed by atoms with Crippen LogP contribution in [-0.2, 0) is 10.0 Å². The van der Waals surface area contributed by atoms with Crippen LogP contribution in [0, 0.1) is 0 Å². The Bertz CT molecular complexity index is 1230. The first-order chi connectivity index (χ1) is 13.1. The van der Waals surface area contributed by atoms with Gasteiger partial charge in [-0.25, -0.2) is 17.4 Å². The summed E-state index contributed by atoms with van der Waals surface area (Å²) >= 11 is 6.26. The smallest absolute Gasteiger partial charge is 0.226 e. The lowest BCUT2D eigenvalue weighted by Crippen LogP contribution is -2.14. The van der Waals surface area contributed by atoms with Gasteiger partial charge in [-0.1, -0.05) is 72.3 Å². The van der Waals surface area contributed by atoms with Crippen LogP contribution < -0.4 is 0 Å². The SMILES string of the molecule is O=S(=O)(c1ccccc1)n1c(C=Cc2ccccc2)nc2c(Cl)cccc21. The maximum absolute atomic E-state index is 13.3. The zero-order chi connectivity index (χ0) is 18.9. The first-order valence-electron chi connectivity index (χ1n) is 8.28. The van der Waals surface area contributed by atoms with Crippen molar-refractivity contribution in [3.05, 3.63) is 95.3 Å². The third kappa shape index (κ3) is 3.27. The largest absolute Gasteiger partial charge is 0.269 e. The summed E-state index contributed by atoms with van der Waals surface area (Å²) in [7, 11) is -3.83. The van der Waals surface area contributed by atoms with Crippen LogP contribution in [0.1, 0.15) is 11.4 Å². The van der Waals surface area contributed by atoms with Crippen molar-refractivity contribution in [3.63, 3.8) is 0 Å². The number of rotatable bonds is 4. The molecule has 1 heterocycles. The number of hydrogen-bond acceptors (Lipinski definition) is 3. The lowest BCUT2D eigenvalue weighted by Gasteiger charge is -2.09. The molecule has 4 aromatic rings. The van der Waals surface area contributed by atoms with Crippen molar-refractivity contribution in [1.82, 2.24) is 8.96 Å². The van der Waals surface area contributed by atoms with E-state index in [2.05, 4.69) is 4.98 Å². The summed E-state index contributed by atoms with van der Waals surface area (Å²) in [5, 5.41) is 0.406. The molecule has 1 aromatic heterocycles. The molecule has 4 nitrogen and oxygen atoms in total. The second kappa shape index (κ2) is 7.02. The number of aromatic nitrogens is 2. The van der Waals surface area contributed by atoms with Crippen LogP contribution in [-0.4, -0.2) is 17.4 Å². The van der Waals surface area contributed by atoms with Gasteiger partial charge in [-0.05, 0) is 35.9 Å². The summed E-state index contributed by atoms with van der Waals surface area (Å²) in [5.41, 5.74) is 1.84. The minimum atomic E-state index is -3.83. The van der Waals surface area contributed by atoms with E-state index in [1.54, 1.807) is 54.6 Å². The summed E-state index contributed by atoms with van der Waals surface area (Å²) in [6, 6.07) is 23.0. The van der Waals surface area contributed by atoms with Gasteiger partial charge in [-0.15, -0.1) is 0 Å². The van der Waals surface area contributed by atoms with Crippen molar-refractivity contribution >= 4 is 44.8 Å². The molecule has 6 heteroatoms. The molecule has 0 spiro atoms. The van der Waals surface area contributed by atoms with Gasteiger partial charge in [0, 0.05) is 0 Å². The number of fused-ring (bicyclic) bond motifs is 1. The molecule has 0 aliphatic carbocycles. The fourth-order valence-electron chi connectivity index (χ4n) is 2.85. The molecule has 0 radical (unpaired) electrons. The molecule has 134 valence electrons. The summed E-state index contributed by atoms with van der Waals surface area (Å²) < 4.78 is 27.8. The number of nitrogens with zero attached hydrogens (tertiary/aromatic N) is 2. The van der Waals surface area contributed by atoms with E-state index < -0.39 is 10.0 Å². The maximum atomic E-state index is 13.3. The molecule has 0 amide bonds. The van der Waals surface area contributed by atoms with Gasteiger partial charge in [0.15, 0.2) is 0 Å². The highest BCUT2D eigenvalue weighted by Gasteiger charge is 2.23. The fraction of sp³-hybridized carbons (Fsp3) is 0. The molecular weight excluding hydrogens is 380 g/mol. The number of hydrogen-bond donors (Lipinski definition) is 0. The Morgan fingerprint density at radius 2 is 1.48 bits per heavy atom. The Hall–Kier alpha value is -2.89. The van der Waals surface area contributed by atoms with Crippen LogP contribution in [0.2, 0.25) is 5.02 Å². The van der Waals surface area contributed by atoms with E-state index in [1.165, 1.54) is 3.97 Å². The molecule has 3 aromatic carbocycles. The third-order valence-corrected chi connectivity index (χ3v) is 6.16. The monoisotopic (exact) mass is 394 g/mol. The van der Waals surface area contributed by atoms with E-state index in [-0.39, 0.29) is 4.90 Å². The number of benzene rings is 3. The zero-order valence-corrected chi connectivity index (χ0v) is 15.7. The van der Waals surface area contributed by atoms with Gasteiger partial charge < -0.3 is 0 Å². The van der Waals surface area contributed by atoms with Crippen molar-refractivity contribution in [3.8, 4) is 0 Å². The highest BCUT2D eigenvalue weighted by Crippen LogP contribution is 2.28. The Morgan fingerprint density at radius 1 is 0.815 bits per heavy atom. The van der Waals surface area contributed by atoms with Gasteiger partial charge in [0.25, 0.3) is 10.0 Å². The van der Waals surface area contributed by atoms with Crippen LogP contribution in [0.5, 0.6) is 0 Å². The Morgan fingerprint density at radius 3 is 2.19 bits per heavy atom. The summed E-state index contributed by atoms with van der Waals surface area (Å²) in [6.45, 7) is 0. The molecule has 27 heavy (non-hydrogen) atoms. The normalized spacial score (nSPS) is 12.0. The Kier molecular flexibility index (Phi) is 4.56. The van der Waals surface area contributed by atoms with Gasteiger partial charge in [0.1, 0.15) is 11.3 Å². The van der Waals surface area contributed by atoms with E-state index in [9.17, 15) is 8.42 Å². The molecule has 0 fully saturated rings. The molecule has 0 saturated carbocycles. The van der Waals surface area contributed by atoms with Crippen molar-refractivity contribution in [1.29, 1.82) is 0 Å². The summed E-state index contributed by atoms with van der Waals surface area (Å²) in [4.78, 5) is 4.68. The number of para-hydroxylation sites is 1. The predicted octanol–water partition coefficient (Wildman–Crippen LogP) is 5.10. The van der Waals surface area contributed by atoms with E-state index in [1.807, 2.05) is 36.4 Å². The van der Waals surface area contributed by atoms with Crippen LogP contribution >= 0.6 is 11.6 Å². The average molecular weight is 395 g/mol. The van der Waals surface area contributed by atoms with Gasteiger partial charge >= 0.3 is 0 Å². The van der Waals surface area contributed by atoms with Crippen molar-refractivity contribution < 1.29 is 8.42 Å². The van der Waals surface area contributed by atoms with Gasteiger partial charge in [-0.3, -0.25) is 0 Å². The second-order valence-electron chi connectivity index (χ2n) is 5.90. The van der Waals surface area contributed by atoms with Crippen molar-refractivity contribution in [2.24, 2.45) is 0 Å². The Labute approximate surface area is 162 Å². The second-order valence-corrected chi connectivity index (χ2v) is 8.10. The van der Waals surface area contributed by atoms with Crippen molar-refractivity contribution in [2.75, 3.05) is 0 Å². The van der Waals surface area contributed by atoms with E-state index >= 15 is 0 Å². The number of imidazole rings is 1. The Balaban J connectivity index is 1.96. The lowest BCUT2D eigenvalue weighted by molar-refractivity contribution is 0.588. The molecule has 0 unspecified atom stereocenters. The highest BCUT2D eigenvalue weighted by atomic mass is 35.5. The number of halogens is 1. The molecule has 0 saturated heterocycles. The average Bonchev–Trinajstić information content (AvgIpc) is 3.08. The molecule has 0 aliphatic heterocycles. The molecule has 0 N–H and O–H groups in total. The summed E-state index contributed by atoms with van der Waals surface area (Å²) in [6.07, 6.45) is 3.51. The first kappa shape index (κ1) is 17.5. The van der Waals surface area contributed by atoms with Gasteiger partial charge in [-0.2, -0.15) is 0 Å². The molecule has 0 aliphatic rings. The minimum absolute atomic E-state index is 0.193. The molecule has 0 atom stereocenters. The highest BCUT2D eigenvalue weighted by molar-refractivity contribution is 7.90. The molecular formula is C21H15ClN2O2S.